The zero-order valence-electron chi connectivity index (χ0n) is 8.79. The molecule has 0 saturated carbocycles. The topological polar surface area (TPSA) is 55.2 Å². The third kappa shape index (κ3) is 3.33. The lowest BCUT2D eigenvalue weighted by molar-refractivity contribution is -0.387. The molecule has 5 heteroatoms. The quantitative estimate of drug-likeness (QED) is 0.366. The molecule has 0 unspecified atom stereocenters. The number of nitro groups is 1. The van der Waals surface area contributed by atoms with Crippen LogP contribution in [-0.4, -0.2) is 11.5 Å². The van der Waals surface area contributed by atoms with Gasteiger partial charge < -0.3 is 5.32 Å². The molecule has 1 aromatic rings. The maximum Gasteiger partial charge on any atom is 0.304 e. The monoisotopic (exact) mass is 222 g/mol. The lowest BCUT2D eigenvalue weighted by Gasteiger charge is -2.01. The number of nitro benzene ring substituents is 1. The Labute approximate surface area is 92.6 Å². The van der Waals surface area contributed by atoms with E-state index in [0.29, 0.717) is 18.7 Å². The Kier molecular flexibility index (Phi) is 4.42. The number of benzene rings is 1. The lowest BCUT2D eigenvalue weighted by atomic mass is 10.2. The van der Waals surface area contributed by atoms with Crippen LogP contribution in [0.4, 0.5) is 10.1 Å². The van der Waals surface area contributed by atoms with E-state index in [-0.39, 0.29) is 0 Å². The molecule has 1 aromatic carbocycles. The first-order valence-electron chi connectivity index (χ1n) is 4.68. The Morgan fingerprint density at radius 3 is 2.88 bits per heavy atom. The fraction of sp³-hybridized carbons (Fsp3) is 0.273. The molecule has 0 bridgehead atoms. The molecule has 0 amide bonds. The highest BCUT2D eigenvalue weighted by atomic mass is 19.1. The van der Waals surface area contributed by atoms with Crippen molar-refractivity contribution in [1.82, 2.24) is 5.32 Å². The van der Waals surface area contributed by atoms with E-state index in [1.54, 1.807) is 6.92 Å². The van der Waals surface area contributed by atoms with Crippen molar-refractivity contribution in [3.05, 3.63) is 39.7 Å². The van der Waals surface area contributed by atoms with Crippen LogP contribution < -0.4 is 5.32 Å². The van der Waals surface area contributed by atoms with Gasteiger partial charge in [-0.25, -0.2) is 0 Å². The van der Waals surface area contributed by atoms with Gasteiger partial charge in [-0.2, -0.15) is 4.39 Å². The number of hydrogen-bond acceptors (Lipinski definition) is 3. The summed E-state index contributed by atoms with van der Waals surface area (Å²) in [5, 5.41) is 13.3. The highest BCUT2D eigenvalue weighted by Gasteiger charge is 2.13. The van der Waals surface area contributed by atoms with Crippen LogP contribution in [0.3, 0.4) is 0 Å². The molecule has 0 saturated heterocycles. The Hall–Kier alpha value is -1.93. The normalized spacial score (nSPS) is 9.38. The van der Waals surface area contributed by atoms with Crippen LogP contribution in [0.1, 0.15) is 12.5 Å². The highest BCUT2D eigenvalue weighted by molar-refractivity contribution is 5.34. The van der Waals surface area contributed by atoms with E-state index in [2.05, 4.69) is 17.2 Å². The van der Waals surface area contributed by atoms with Crippen molar-refractivity contribution >= 4 is 5.69 Å². The predicted octanol–water partition coefficient (Wildman–Crippen LogP) is 1.85. The fourth-order valence-corrected chi connectivity index (χ4v) is 1.17. The van der Waals surface area contributed by atoms with Crippen LogP contribution in [0.25, 0.3) is 0 Å². The van der Waals surface area contributed by atoms with Gasteiger partial charge in [-0.3, -0.25) is 10.1 Å². The van der Waals surface area contributed by atoms with Gasteiger partial charge in [0.15, 0.2) is 0 Å². The van der Waals surface area contributed by atoms with Gasteiger partial charge in [0.25, 0.3) is 0 Å². The smallest absolute Gasteiger partial charge is 0.302 e. The zero-order valence-corrected chi connectivity index (χ0v) is 8.79. The summed E-state index contributed by atoms with van der Waals surface area (Å²) in [6.07, 6.45) is 0. The molecule has 84 valence electrons. The second kappa shape index (κ2) is 5.83. The van der Waals surface area contributed by atoms with Crippen LogP contribution in [-0.2, 0) is 6.54 Å². The molecule has 0 aromatic heterocycles. The predicted molar refractivity (Wildman–Crippen MR) is 58.2 cm³/mol. The number of nitrogens with zero attached hydrogens (tertiary/aromatic N) is 1. The minimum Gasteiger partial charge on any atom is -0.302 e. The van der Waals surface area contributed by atoms with Crippen LogP contribution in [0.5, 0.6) is 0 Å². The van der Waals surface area contributed by atoms with E-state index in [1.165, 1.54) is 6.07 Å². The Morgan fingerprint density at radius 1 is 1.56 bits per heavy atom. The number of nitrogens with one attached hydrogen (secondary N) is 1. The van der Waals surface area contributed by atoms with Gasteiger partial charge in [-0.1, -0.05) is 12.0 Å². The minimum atomic E-state index is -0.814. The Balaban J connectivity index is 2.65. The van der Waals surface area contributed by atoms with Gasteiger partial charge in [0.1, 0.15) is 0 Å². The van der Waals surface area contributed by atoms with Gasteiger partial charge in [-0.05, 0) is 18.6 Å². The molecule has 0 heterocycles. The Bertz CT molecular complexity index is 449. The molecule has 0 aliphatic heterocycles. The fourth-order valence-electron chi connectivity index (χ4n) is 1.17. The van der Waals surface area contributed by atoms with E-state index in [9.17, 15) is 14.5 Å². The molecular weight excluding hydrogens is 211 g/mol. The first kappa shape index (κ1) is 12.1. The van der Waals surface area contributed by atoms with E-state index >= 15 is 0 Å². The van der Waals surface area contributed by atoms with E-state index in [4.69, 9.17) is 0 Å². The summed E-state index contributed by atoms with van der Waals surface area (Å²) in [4.78, 5) is 9.62. The number of hydrogen-bond donors (Lipinski definition) is 1. The zero-order chi connectivity index (χ0) is 12.0. The maximum absolute atomic E-state index is 13.2. The molecule has 0 atom stereocenters. The van der Waals surface area contributed by atoms with Gasteiger partial charge in [0.05, 0.1) is 11.5 Å². The van der Waals surface area contributed by atoms with Gasteiger partial charge >= 0.3 is 5.69 Å². The molecule has 1 N–H and O–H groups in total. The molecule has 1 rings (SSSR count). The molecule has 0 radical (unpaired) electrons. The van der Waals surface area contributed by atoms with Crippen LogP contribution in [0.2, 0.25) is 0 Å². The summed E-state index contributed by atoms with van der Waals surface area (Å²) < 4.78 is 13.2. The molecule has 0 fully saturated rings. The number of halogens is 1. The Morgan fingerprint density at radius 2 is 2.31 bits per heavy atom. The second-order valence-electron chi connectivity index (χ2n) is 3.07. The van der Waals surface area contributed by atoms with Crippen molar-refractivity contribution in [3.8, 4) is 11.8 Å². The van der Waals surface area contributed by atoms with Crippen molar-refractivity contribution in [2.24, 2.45) is 0 Å². The van der Waals surface area contributed by atoms with Crippen molar-refractivity contribution in [2.75, 3.05) is 6.54 Å². The van der Waals surface area contributed by atoms with Crippen molar-refractivity contribution in [3.63, 3.8) is 0 Å². The van der Waals surface area contributed by atoms with E-state index in [1.807, 2.05) is 0 Å². The average Bonchev–Trinajstić information content (AvgIpc) is 2.24. The van der Waals surface area contributed by atoms with Gasteiger partial charge in [0.2, 0.25) is 5.82 Å². The standard InChI is InChI=1S/C11H11FN2O2/c1-2-3-6-13-8-9-4-5-11(14(15)16)10(12)7-9/h4-5,7,13H,6,8H2,1H3. The lowest BCUT2D eigenvalue weighted by Crippen LogP contribution is -2.13. The minimum absolute atomic E-state index is 0.434. The molecule has 4 nitrogen and oxygen atoms in total. The van der Waals surface area contributed by atoms with E-state index in [0.717, 1.165) is 12.1 Å². The third-order valence-electron chi connectivity index (χ3n) is 1.93. The van der Waals surface area contributed by atoms with Crippen LogP contribution in [0.15, 0.2) is 18.2 Å². The van der Waals surface area contributed by atoms with Crippen molar-refractivity contribution in [2.45, 2.75) is 13.5 Å². The van der Waals surface area contributed by atoms with Gasteiger partial charge in [-0.15, -0.1) is 5.92 Å². The van der Waals surface area contributed by atoms with E-state index < -0.39 is 16.4 Å². The first-order valence-corrected chi connectivity index (χ1v) is 4.68. The molecule has 0 spiro atoms. The average molecular weight is 222 g/mol. The van der Waals surface area contributed by atoms with Crippen molar-refractivity contribution in [1.29, 1.82) is 0 Å². The largest absolute Gasteiger partial charge is 0.304 e. The van der Waals surface area contributed by atoms with Crippen molar-refractivity contribution < 1.29 is 9.31 Å². The SMILES string of the molecule is CC#CCNCc1ccc([N+](=O)[O-])c(F)c1. The van der Waals surface area contributed by atoms with Crippen LogP contribution in [0, 0.1) is 27.8 Å². The summed E-state index contributed by atoms with van der Waals surface area (Å²) in [5.74, 6) is 4.70. The summed E-state index contributed by atoms with van der Waals surface area (Å²) in [6.45, 7) is 2.67. The number of rotatable bonds is 4. The van der Waals surface area contributed by atoms with Gasteiger partial charge in [0, 0.05) is 12.6 Å². The molecule has 16 heavy (non-hydrogen) atoms. The molecule has 0 aliphatic carbocycles. The summed E-state index contributed by atoms with van der Waals surface area (Å²) in [7, 11) is 0. The molecule has 0 aliphatic rings. The summed E-state index contributed by atoms with van der Waals surface area (Å²) in [6, 6.07) is 3.84. The maximum atomic E-state index is 13.2. The highest BCUT2D eigenvalue weighted by Crippen LogP contribution is 2.17. The summed E-state index contributed by atoms with van der Waals surface area (Å²) >= 11 is 0. The molecular formula is C11H11FN2O2. The second-order valence-corrected chi connectivity index (χ2v) is 3.07. The summed E-state index contributed by atoms with van der Waals surface area (Å²) in [5.41, 5.74) is 0.151. The first-order chi connectivity index (χ1) is 7.65. The van der Waals surface area contributed by atoms with Crippen LogP contribution >= 0.6 is 0 Å². The third-order valence-corrected chi connectivity index (χ3v) is 1.93.